The smallest absolute Gasteiger partial charge is 0.191 e. The molecule has 1 aromatic rings. The molecule has 0 bridgehead atoms. The molecule has 2 rings (SSSR count). The van der Waals surface area contributed by atoms with Gasteiger partial charge in [-0.1, -0.05) is 0 Å². The van der Waals surface area contributed by atoms with Crippen molar-refractivity contribution in [3.8, 4) is 0 Å². The molecule has 0 saturated heterocycles. The molecule has 0 unspecified atom stereocenters. The van der Waals surface area contributed by atoms with Gasteiger partial charge in [0.25, 0.3) is 0 Å². The SMILES string of the molecule is CN=C(NCCc1ccc(Br)s1)NC1CC1. The molecule has 1 aliphatic carbocycles. The molecule has 0 atom stereocenters. The summed E-state index contributed by atoms with van der Waals surface area (Å²) >= 11 is 5.26. The Kier molecular flexibility index (Phi) is 4.23. The molecule has 0 amide bonds. The van der Waals surface area contributed by atoms with E-state index in [1.54, 1.807) is 11.3 Å². The van der Waals surface area contributed by atoms with E-state index in [0.717, 1.165) is 18.9 Å². The van der Waals surface area contributed by atoms with Crippen LogP contribution in [0.4, 0.5) is 0 Å². The van der Waals surface area contributed by atoms with Crippen LogP contribution in [0, 0.1) is 0 Å². The fourth-order valence-corrected chi connectivity index (χ4v) is 2.89. The van der Waals surface area contributed by atoms with E-state index in [1.807, 2.05) is 7.05 Å². The molecule has 5 heteroatoms. The van der Waals surface area contributed by atoms with E-state index in [4.69, 9.17) is 0 Å². The van der Waals surface area contributed by atoms with Crippen LogP contribution >= 0.6 is 27.3 Å². The van der Waals surface area contributed by atoms with Gasteiger partial charge in [0.05, 0.1) is 3.79 Å². The topological polar surface area (TPSA) is 36.4 Å². The van der Waals surface area contributed by atoms with Crippen LogP contribution in [-0.4, -0.2) is 25.6 Å². The maximum Gasteiger partial charge on any atom is 0.191 e. The zero-order chi connectivity index (χ0) is 11.4. The lowest BCUT2D eigenvalue weighted by Crippen LogP contribution is -2.39. The predicted octanol–water partition coefficient (Wildman–Crippen LogP) is 2.38. The zero-order valence-corrected chi connectivity index (χ0v) is 11.7. The van der Waals surface area contributed by atoms with Gasteiger partial charge in [0.1, 0.15) is 0 Å². The van der Waals surface area contributed by atoms with Gasteiger partial charge >= 0.3 is 0 Å². The van der Waals surface area contributed by atoms with E-state index >= 15 is 0 Å². The quantitative estimate of drug-likeness (QED) is 0.662. The molecule has 1 fully saturated rings. The summed E-state index contributed by atoms with van der Waals surface area (Å²) in [5.41, 5.74) is 0. The average molecular weight is 302 g/mol. The molecule has 1 saturated carbocycles. The molecular weight excluding hydrogens is 286 g/mol. The lowest BCUT2D eigenvalue weighted by molar-refractivity contribution is 0.796. The Labute approximate surface area is 108 Å². The summed E-state index contributed by atoms with van der Waals surface area (Å²) in [6.07, 6.45) is 3.60. The van der Waals surface area contributed by atoms with E-state index in [1.165, 1.54) is 21.5 Å². The highest BCUT2D eigenvalue weighted by Crippen LogP contribution is 2.22. The molecule has 3 nitrogen and oxygen atoms in total. The minimum absolute atomic E-state index is 0.655. The summed E-state index contributed by atoms with van der Waals surface area (Å²) in [5, 5.41) is 6.69. The first-order chi connectivity index (χ1) is 7.78. The van der Waals surface area contributed by atoms with Gasteiger partial charge in [-0.25, -0.2) is 0 Å². The monoisotopic (exact) mass is 301 g/mol. The molecule has 0 aliphatic heterocycles. The van der Waals surface area contributed by atoms with Crippen molar-refractivity contribution in [1.82, 2.24) is 10.6 Å². The van der Waals surface area contributed by atoms with Gasteiger partial charge in [-0.15, -0.1) is 11.3 Å². The maximum absolute atomic E-state index is 4.19. The molecule has 2 N–H and O–H groups in total. The first-order valence-corrected chi connectivity index (χ1v) is 7.10. The summed E-state index contributed by atoms with van der Waals surface area (Å²) in [7, 11) is 1.82. The second kappa shape index (κ2) is 5.68. The van der Waals surface area contributed by atoms with Crippen LogP contribution < -0.4 is 10.6 Å². The van der Waals surface area contributed by atoms with Crippen molar-refractivity contribution in [2.75, 3.05) is 13.6 Å². The lowest BCUT2D eigenvalue weighted by atomic mass is 10.3. The van der Waals surface area contributed by atoms with Crippen LogP contribution in [0.3, 0.4) is 0 Å². The first-order valence-electron chi connectivity index (χ1n) is 5.49. The van der Waals surface area contributed by atoms with Crippen LogP contribution in [0.1, 0.15) is 17.7 Å². The summed E-state index contributed by atoms with van der Waals surface area (Å²) in [5.74, 6) is 0.929. The largest absolute Gasteiger partial charge is 0.356 e. The Morgan fingerprint density at radius 3 is 2.94 bits per heavy atom. The number of rotatable bonds is 4. The number of hydrogen-bond acceptors (Lipinski definition) is 2. The van der Waals surface area contributed by atoms with E-state index in [9.17, 15) is 0 Å². The Morgan fingerprint density at radius 1 is 1.56 bits per heavy atom. The standard InChI is InChI=1S/C11H16BrN3S/c1-13-11(15-8-2-3-8)14-7-6-9-4-5-10(12)16-9/h4-5,8H,2-3,6-7H2,1H3,(H2,13,14,15). The number of nitrogens with zero attached hydrogens (tertiary/aromatic N) is 1. The third-order valence-electron chi connectivity index (χ3n) is 2.43. The van der Waals surface area contributed by atoms with Crippen molar-refractivity contribution in [2.45, 2.75) is 25.3 Å². The highest BCUT2D eigenvalue weighted by Gasteiger charge is 2.21. The molecule has 1 heterocycles. The number of hydrogen-bond donors (Lipinski definition) is 2. The number of nitrogens with one attached hydrogen (secondary N) is 2. The minimum atomic E-state index is 0.655. The Morgan fingerprint density at radius 2 is 2.38 bits per heavy atom. The van der Waals surface area contributed by atoms with Crippen molar-refractivity contribution in [2.24, 2.45) is 4.99 Å². The maximum atomic E-state index is 4.19. The lowest BCUT2D eigenvalue weighted by Gasteiger charge is -2.10. The highest BCUT2D eigenvalue weighted by atomic mass is 79.9. The predicted molar refractivity (Wildman–Crippen MR) is 73.2 cm³/mol. The van der Waals surface area contributed by atoms with Crippen LogP contribution in [0.25, 0.3) is 0 Å². The summed E-state index contributed by atoms with van der Waals surface area (Å²) in [6, 6.07) is 4.91. The first kappa shape index (κ1) is 11.9. The molecule has 88 valence electrons. The molecule has 1 aliphatic rings. The number of aliphatic imine (C=N–C) groups is 1. The third kappa shape index (κ3) is 3.79. The number of guanidine groups is 1. The van der Waals surface area contributed by atoms with E-state index < -0.39 is 0 Å². The normalized spacial score (nSPS) is 16.2. The summed E-state index contributed by atoms with van der Waals surface area (Å²) < 4.78 is 1.20. The van der Waals surface area contributed by atoms with E-state index in [0.29, 0.717) is 6.04 Å². The molecular formula is C11H16BrN3S. The van der Waals surface area contributed by atoms with Crippen LogP contribution in [-0.2, 0) is 6.42 Å². The van der Waals surface area contributed by atoms with Crippen molar-refractivity contribution in [1.29, 1.82) is 0 Å². The molecule has 1 aromatic heterocycles. The van der Waals surface area contributed by atoms with E-state index in [2.05, 4.69) is 43.7 Å². The van der Waals surface area contributed by atoms with E-state index in [-0.39, 0.29) is 0 Å². The molecule has 0 radical (unpaired) electrons. The molecule has 0 spiro atoms. The van der Waals surface area contributed by atoms with Gasteiger partial charge in [-0.3, -0.25) is 4.99 Å². The Hall–Kier alpha value is -0.550. The summed E-state index contributed by atoms with van der Waals surface area (Å²) in [6.45, 7) is 0.930. The van der Waals surface area contributed by atoms with Gasteiger partial charge in [0, 0.05) is 24.5 Å². The van der Waals surface area contributed by atoms with Gasteiger partial charge in [0.2, 0.25) is 0 Å². The average Bonchev–Trinajstić information content (AvgIpc) is 3.00. The zero-order valence-electron chi connectivity index (χ0n) is 9.29. The van der Waals surface area contributed by atoms with Crippen molar-refractivity contribution in [3.63, 3.8) is 0 Å². The minimum Gasteiger partial charge on any atom is -0.356 e. The van der Waals surface area contributed by atoms with Gasteiger partial charge in [-0.2, -0.15) is 0 Å². The fourth-order valence-electron chi connectivity index (χ4n) is 1.41. The van der Waals surface area contributed by atoms with Crippen molar-refractivity contribution < 1.29 is 0 Å². The second-order valence-electron chi connectivity index (χ2n) is 3.87. The highest BCUT2D eigenvalue weighted by molar-refractivity contribution is 9.11. The number of thiophene rings is 1. The number of halogens is 1. The van der Waals surface area contributed by atoms with Crippen LogP contribution in [0.5, 0.6) is 0 Å². The summed E-state index contributed by atoms with van der Waals surface area (Å²) in [4.78, 5) is 5.58. The van der Waals surface area contributed by atoms with Crippen molar-refractivity contribution in [3.05, 3.63) is 20.8 Å². The molecule has 0 aromatic carbocycles. The Balaban J connectivity index is 1.69. The second-order valence-corrected chi connectivity index (χ2v) is 6.42. The van der Waals surface area contributed by atoms with Crippen molar-refractivity contribution >= 4 is 33.2 Å². The van der Waals surface area contributed by atoms with Gasteiger partial charge in [-0.05, 0) is 47.3 Å². The van der Waals surface area contributed by atoms with Gasteiger partial charge < -0.3 is 10.6 Å². The molecule has 16 heavy (non-hydrogen) atoms. The fraction of sp³-hybridized carbons (Fsp3) is 0.545. The van der Waals surface area contributed by atoms with Crippen LogP contribution in [0.2, 0.25) is 0 Å². The van der Waals surface area contributed by atoms with Crippen LogP contribution in [0.15, 0.2) is 20.9 Å². The Bertz CT molecular complexity index is 371. The third-order valence-corrected chi connectivity index (χ3v) is 4.12. The van der Waals surface area contributed by atoms with Gasteiger partial charge in [0.15, 0.2) is 5.96 Å².